The number of amides is 1. The molecule has 6 heteroatoms. The molecule has 0 fully saturated rings. The molecule has 0 aliphatic rings. The average Bonchev–Trinajstić information content (AvgIpc) is 2.56. The van der Waals surface area contributed by atoms with Crippen molar-refractivity contribution in [3.63, 3.8) is 0 Å². The molecule has 25 heavy (non-hydrogen) atoms. The minimum Gasteiger partial charge on any atom is -0.495 e. The first-order chi connectivity index (χ1) is 11.9. The van der Waals surface area contributed by atoms with Gasteiger partial charge in [0.25, 0.3) is 5.91 Å². The Morgan fingerprint density at radius 2 is 1.88 bits per heavy atom. The predicted octanol–water partition coefficient (Wildman–Crippen LogP) is 5.07. The highest BCUT2D eigenvalue weighted by Gasteiger charge is 2.13. The number of methoxy groups -OCH3 is 1. The zero-order chi connectivity index (χ0) is 18.6. The molecule has 0 saturated carbocycles. The van der Waals surface area contributed by atoms with Gasteiger partial charge in [-0.05, 0) is 100.0 Å². The molecule has 1 amide bonds. The monoisotopic (exact) mass is 558 g/mol. The molecule has 4 nitrogen and oxygen atoms in total. The molecular weight excluding hydrogens is 542 g/mol. The van der Waals surface area contributed by atoms with Crippen LogP contribution in [-0.2, 0) is 4.79 Å². The molecule has 0 aromatic heterocycles. The lowest BCUT2D eigenvalue weighted by Crippen LogP contribution is -2.14. The number of halogens is 2. The molecule has 0 saturated heterocycles. The summed E-state index contributed by atoms with van der Waals surface area (Å²) in [5.74, 6) is 0.369. The van der Waals surface area contributed by atoms with Crippen LogP contribution in [0, 0.1) is 32.3 Å². The van der Waals surface area contributed by atoms with Crippen molar-refractivity contribution in [2.24, 2.45) is 0 Å². The second kappa shape index (κ2) is 8.67. The number of carbonyl (C=O) groups excluding carboxylic acids is 1. The van der Waals surface area contributed by atoms with Crippen LogP contribution in [0.5, 0.6) is 5.75 Å². The van der Waals surface area contributed by atoms with Crippen LogP contribution in [0.1, 0.15) is 16.7 Å². The summed E-state index contributed by atoms with van der Waals surface area (Å²) in [7, 11) is 1.62. The quantitative estimate of drug-likeness (QED) is 0.324. The minimum absolute atomic E-state index is 0.0534. The molecular formula is C19H16I2N2O2. The summed E-state index contributed by atoms with van der Waals surface area (Å²) in [6.45, 7) is 3.92. The Hall–Kier alpha value is -1.60. The molecule has 0 aliphatic carbocycles. The van der Waals surface area contributed by atoms with Crippen molar-refractivity contribution in [1.82, 2.24) is 0 Å². The molecule has 0 bridgehead atoms. The van der Waals surface area contributed by atoms with Gasteiger partial charge in [-0.2, -0.15) is 5.26 Å². The highest BCUT2D eigenvalue weighted by molar-refractivity contribution is 14.1. The van der Waals surface area contributed by atoms with E-state index in [1.54, 1.807) is 13.2 Å². The standard InChI is InChI=1S/C19H16I2N2O2/c1-11-5-4-6-17(12(11)2)23-19(24)14(10-22)7-13-8-15(20)18(25-3)16(21)9-13/h4-9H,1-3H3,(H,23,24)/b14-7+. The first-order valence-corrected chi connectivity index (χ1v) is 9.55. The first kappa shape index (κ1) is 19.7. The van der Waals surface area contributed by atoms with Crippen molar-refractivity contribution in [3.8, 4) is 11.8 Å². The topological polar surface area (TPSA) is 62.1 Å². The van der Waals surface area contributed by atoms with E-state index in [4.69, 9.17) is 4.74 Å². The van der Waals surface area contributed by atoms with E-state index in [1.807, 2.05) is 50.2 Å². The fourth-order valence-electron chi connectivity index (χ4n) is 2.25. The van der Waals surface area contributed by atoms with Crippen LogP contribution < -0.4 is 10.1 Å². The zero-order valence-corrected chi connectivity index (χ0v) is 18.3. The molecule has 0 radical (unpaired) electrons. The highest BCUT2D eigenvalue weighted by atomic mass is 127. The molecule has 128 valence electrons. The van der Waals surface area contributed by atoms with Gasteiger partial charge < -0.3 is 10.1 Å². The lowest BCUT2D eigenvalue weighted by atomic mass is 10.1. The van der Waals surface area contributed by atoms with Crippen molar-refractivity contribution in [2.75, 3.05) is 12.4 Å². The fourth-order valence-corrected chi connectivity index (χ4v) is 4.51. The Labute approximate surface area is 174 Å². The van der Waals surface area contributed by atoms with Crippen LogP contribution in [0.25, 0.3) is 6.08 Å². The van der Waals surface area contributed by atoms with E-state index in [0.29, 0.717) is 5.69 Å². The van der Waals surface area contributed by atoms with E-state index >= 15 is 0 Å². The molecule has 2 aromatic carbocycles. The maximum atomic E-state index is 12.5. The van der Waals surface area contributed by atoms with Crippen LogP contribution in [0.2, 0.25) is 0 Å². The van der Waals surface area contributed by atoms with Gasteiger partial charge in [-0.1, -0.05) is 12.1 Å². The third-order valence-corrected chi connectivity index (χ3v) is 5.36. The van der Waals surface area contributed by atoms with Crippen LogP contribution in [-0.4, -0.2) is 13.0 Å². The summed E-state index contributed by atoms with van der Waals surface area (Å²) in [5.41, 5.74) is 3.62. The van der Waals surface area contributed by atoms with Crippen molar-refractivity contribution >= 4 is 62.9 Å². The van der Waals surface area contributed by atoms with E-state index in [9.17, 15) is 10.1 Å². The summed E-state index contributed by atoms with van der Waals surface area (Å²) < 4.78 is 7.18. The minimum atomic E-state index is -0.419. The number of nitrogens with zero attached hydrogens (tertiary/aromatic N) is 1. The van der Waals surface area contributed by atoms with Gasteiger partial charge in [0.05, 0.1) is 14.3 Å². The number of aryl methyl sites for hydroxylation is 1. The molecule has 1 N–H and O–H groups in total. The molecule has 2 rings (SSSR count). The molecule has 0 aliphatic heterocycles. The van der Waals surface area contributed by atoms with Crippen molar-refractivity contribution in [1.29, 1.82) is 5.26 Å². The summed E-state index contributed by atoms with van der Waals surface area (Å²) in [6.07, 6.45) is 1.59. The summed E-state index contributed by atoms with van der Waals surface area (Å²) in [4.78, 5) is 12.5. The second-order valence-electron chi connectivity index (χ2n) is 5.39. The average molecular weight is 558 g/mol. The normalized spacial score (nSPS) is 11.0. The van der Waals surface area contributed by atoms with Gasteiger partial charge in [0, 0.05) is 5.69 Å². The van der Waals surface area contributed by atoms with E-state index < -0.39 is 5.91 Å². The Kier molecular flexibility index (Phi) is 6.84. The van der Waals surface area contributed by atoms with Crippen molar-refractivity contribution in [3.05, 3.63) is 59.7 Å². The van der Waals surface area contributed by atoms with Crippen LogP contribution in [0.15, 0.2) is 35.9 Å². The number of rotatable bonds is 4. The number of anilines is 1. The summed E-state index contributed by atoms with van der Waals surface area (Å²) in [5, 5.41) is 12.2. The van der Waals surface area contributed by atoms with E-state index in [-0.39, 0.29) is 5.57 Å². The smallest absolute Gasteiger partial charge is 0.266 e. The van der Waals surface area contributed by atoms with Gasteiger partial charge in [-0.25, -0.2) is 0 Å². The number of carbonyl (C=O) groups is 1. The van der Waals surface area contributed by atoms with E-state index in [2.05, 4.69) is 50.5 Å². The zero-order valence-electron chi connectivity index (χ0n) is 14.0. The summed E-state index contributed by atoms with van der Waals surface area (Å²) in [6, 6.07) is 11.4. The van der Waals surface area contributed by atoms with Gasteiger partial charge in [0.2, 0.25) is 0 Å². The fraction of sp³-hybridized carbons (Fsp3) is 0.158. The Bertz CT molecular complexity index is 876. The number of hydrogen-bond acceptors (Lipinski definition) is 3. The SMILES string of the molecule is COc1c(I)cc(/C=C(\C#N)C(=O)Nc2cccc(C)c2C)cc1I. The van der Waals surface area contributed by atoms with Crippen LogP contribution >= 0.6 is 45.2 Å². The lowest BCUT2D eigenvalue weighted by molar-refractivity contribution is -0.112. The first-order valence-electron chi connectivity index (χ1n) is 7.39. The summed E-state index contributed by atoms with van der Waals surface area (Å²) >= 11 is 4.34. The number of benzene rings is 2. The predicted molar refractivity (Wildman–Crippen MR) is 117 cm³/mol. The Morgan fingerprint density at radius 1 is 1.24 bits per heavy atom. The second-order valence-corrected chi connectivity index (χ2v) is 7.71. The van der Waals surface area contributed by atoms with Gasteiger partial charge in [0.1, 0.15) is 17.4 Å². The van der Waals surface area contributed by atoms with E-state index in [1.165, 1.54) is 0 Å². The highest BCUT2D eigenvalue weighted by Crippen LogP contribution is 2.29. The number of hydrogen-bond donors (Lipinski definition) is 1. The molecule has 0 unspecified atom stereocenters. The third kappa shape index (κ3) is 4.73. The van der Waals surface area contributed by atoms with E-state index in [0.717, 1.165) is 29.6 Å². The molecule has 0 spiro atoms. The third-order valence-electron chi connectivity index (χ3n) is 3.75. The number of nitrogens with one attached hydrogen (secondary N) is 1. The Balaban J connectivity index is 2.33. The number of ether oxygens (including phenoxy) is 1. The lowest BCUT2D eigenvalue weighted by Gasteiger charge is -2.10. The van der Waals surface area contributed by atoms with Gasteiger partial charge in [-0.3, -0.25) is 4.79 Å². The maximum Gasteiger partial charge on any atom is 0.266 e. The molecule has 0 atom stereocenters. The van der Waals surface area contributed by atoms with Crippen LogP contribution in [0.3, 0.4) is 0 Å². The van der Waals surface area contributed by atoms with Crippen molar-refractivity contribution < 1.29 is 9.53 Å². The van der Waals surface area contributed by atoms with Gasteiger partial charge in [0.15, 0.2) is 0 Å². The van der Waals surface area contributed by atoms with Crippen molar-refractivity contribution in [2.45, 2.75) is 13.8 Å². The van der Waals surface area contributed by atoms with Crippen LogP contribution in [0.4, 0.5) is 5.69 Å². The maximum absolute atomic E-state index is 12.5. The molecule has 0 heterocycles. The Morgan fingerprint density at radius 3 is 2.44 bits per heavy atom. The molecule has 2 aromatic rings. The van der Waals surface area contributed by atoms with Gasteiger partial charge >= 0.3 is 0 Å². The largest absolute Gasteiger partial charge is 0.495 e. The number of nitriles is 1. The van der Waals surface area contributed by atoms with Gasteiger partial charge in [-0.15, -0.1) is 0 Å².